The molecule has 0 aliphatic carbocycles. The number of anilines is 6. The summed E-state index contributed by atoms with van der Waals surface area (Å²) < 4.78 is 12.0. The lowest BCUT2D eigenvalue weighted by molar-refractivity contribution is 0.459. The highest BCUT2D eigenvalue weighted by atomic mass is 16.6. The van der Waals surface area contributed by atoms with Crippen LogP contribution >= 0.6 is 0 Å². The van der Waals surface area contributed by atoms with E-state index in [2.05, 4.69) is 161 Å². The highest BCUT2D eigenvalue weighted by molar-refractivity contribution is 6.20. The average molecular weight is 617 g/mol. The van der Waals surface area contributed by atoms with Gasteiger partial charge in [-0.25, -0.2) is 0 Å². The van der Waals surface area contributed by atoms with E-state index >= 15 is 0 Å². The van der Waals surface area contributed by atoms with Crippen molar-refractivity contribution in [1.82, 2.24) is 0 Å². The third-order valence-corrected chi connectivity index (χ3v) is 8.72. The summed E-state index contributed by atoms with van der Waals surface area (Å²) in [6.45, 7) is 12.8. The largest absolute Gasteiger partial charge is 0.576 e. The van der Waals surface area contributed by atoms with Crippen molar-refractivity contribution < 1.29 is 9.31 Å². The summed E-state index contributed by atoms with van der Waals surface area (Å²) in [5, 5.41) is 0. The standard InChI is InChI=1S/C42H41BN2O2/c1-29-7-13-35(14-8-29)44(39-17-11-31(3)33(5)27-39)37-19-23-41(24-20-37)46-43-47-42-25-21-38(22-26-42)45(36-15-9-30(2)10-16-36)40-18-12-32(4)34(6)28-40/h7-28,43H,1-6H3. The maximum absolute atomic E-state index is 6.01. The zero-order valence-electron chi connectivity index (χ0n) is 28.1. The lowest BCUT2D eigenvalue weighted by Crippen LogP contribution is -2.13. The van der Waals surface area contributed by atoms with E-state index in [0.29, 0.717) is 0 Å². The van der Waals surface area contributed by atoms with Crippen LogP contribution in [0.25, 0.3) is 0 Å². The highest BCUT2D eigenvalue weighted by Crippen LogP contribution is 2.38. The Kier molecular flexibility index (Phi) is 9.35. The molecule has 0 heterocycles. The van der Waals surface area contributed by atoms with Crippen molar-refractivity contribution in [1.29, 1.82) is 0 Å². The molecular weight excluding hydrogens is 575 g/mol. The van der Waals surface area contributed by atoms with Crippen LogP contribution in [0.1, 0.15) is 33.4 Å². The molecule has 0 fully saturated rings. The van der Waals surface area contributed by atoms with Crippen molar-refractivity contribution in [3.63, 3.8) is 0 Å². The summed E-state index contributed by atoms with van der Waals surface area (Å²) in [6.07, 6.45) is 0. The van der Waals surface area contributed by atoms with Gasteiger partial charge in [-0.2, -0.15) is 0 Å². The fourth-order valence-electron chi connectivity index (χ4n) is 5.56. The van der Waals surface area contributed by atoms with Crippen molar-refractivity contribution in [2.24, 2.45) is 0 Å². The van der Waals surface area contributed by atoms with Gasteiger partial charge in [-0.3, -0.25) is 0 Å². The Morgan fingerprint density at radius 2 is 0.638 bits per heavy atom. The number of benzene rings is 6. The quantitative estimate of drug-likeness (QED) is 0.143. The van der Waals surface area contributed by atoms with Gasteiger partial charge >= 0.3 is 7.69 Å². The summed E-state index contributed by atoms with van der Waals surface area (Å²) >= 11 is 0. The molecule has 0 spiro atoms. The molecule has 0 unspecified atom stereocenters. The van der Waals surface area contributed by atoms with E-state index in [1.165, 1.54) is 33.4 Å². The molecule has 0 saturated heterocycles. The molecule has 6 aromatic carbocycles. The molecule has 234 valence electrons. The third kappa shape index (κ3) is 7.36. The molecule has 0 saturated carbocycles. The fourth-order valence-corrected chi connectivity index (χ4v) is 5.56. The highest BCUT2D eigenvalue weighted by Gasteiger charge is 2.15. The van der Waals surface area contributed by atoms with Crippen molar-refractivity contribution in [2.75, 3.05) is 9.80 Å². The Bertz CT molecular complexity index is 1810. The van der Waals surface area contributed by atoms with Crippen molar-refractivity contribution >= 4 is 41.8 Å². The molecule has 0 aromatic heterocycles. The second-order valence-electron chi connectivity index (χ2n) is 12.3. The molecule has 0 aliphatic rings. The molecule has 5 heteroatoms. The van der Waals surface area contributed by atoms with Gasteiger partial charge in [-0.1, -0.05) is 47.5 Å². The zero-order chi connectivity index (χ0) is 32.9. The predicted octanol–water partition coefficient (Wildman–Crippen LogP) is 11.2. The first-order valence-electron chi connectivity index (χ1n) is 16.1. The van der Waals surface area contributed by atoms with Gasteiger partial charge in [0.1, 0.15) is 11.5 Å². The topological polar surface area (TPSA) is 24.9 Å². The first-order chi connectivity index (χ1) is 22.7. The summed E-state index contributed by atoms with van der Waals surface area (Å²) in [7, 11) is 0.107. The Balaban J connectivity index is 1.15. The summed E-state index contributed by atoms with van der Waals surface area (Å²) in [5.74, 6) is 1.49. The predicted molar refractivity (Wildman–Crippen MR) is 199 cm³/mol. The number of hydrogen-bond acceptors (Lipinski definition) is 4. The minimum Gasteiger partial charge on any atom is -0.529 e. The lowest BCUT2D eigenvalue weighted by atomic mass is 10.1. The minimum absolute atomic E-state index is 0.107. The van der Waals surface area contributed by atoms with Crippen LogP contribution in [-0.2, 0) is 0 Å². The molecule has 6 rings (SSSR count). The van der Waals surface area contributed by atoms with E-state index in [1.54, 1.807) is 0 Å². The maximum Gasteiger partial charge on any atom is 0.576 e. The molecule has 0 atom stereocenters. The first-order valence-corrected chi connectivity index (χ1v) is 16.1. The van der Waals surface area contributed by atoms with Crippen LogP contribution in [0.3, 0.4) is 0 Å². The van der Waals surface area contributed by atoms with Crippen molar-refractivity contribution in [3.05, 3.63) is 167 Å². The van der Waals surface area contributed by atoms with E-state index in [1.807, 2.05) is 24.3 Å². The second-order valence-corrected chi connectivity index (χ2v) is 12.3. The van der Waals surface area contributed by atoms with Gasteiger partial charge in [0.05, 0.1) is 0 Å². The van der Waals surface area contributed by atoms with Gasteiger partial charge in [0.15, 0.2) is 0 Å². The molecule has 0 radical (unpaired) electrons. The van der Waals surface area contributed by atoms with Crippen LogP contribution in [0.5, 0.6) is 11.5 Å². The van der Waals surface area contributed by atoms with E-state index < -0.39 is 0 Å². The van der Waals surface area contributed by atoms with Gasteiger partial charge in [0.25, 0.3) is 0 Å². The minimum atomic E-state index is 0.107. The van der Waals surface area contributed by atoms with Crippen LogP contribution in [0.4, 0.5) is 34.1 Å². The van der Waals surface area contributed by atoms with Crippen LogP contribution in [0.2, 0.25) is 0 Å². The molecule has 0 bridgehead atoms. The molecular formula is C42H41BN2O2. The van der Waals surface area contributed by atoms with Gasteiger partial charge in [-0.15, -0.1) is 0 Å². The van der Waals surface area contributed by atoms with Gasteiger partial charge in [0.2, 0.25) is 0 Å². The number of hydrogen-bond donors (Lipinski definition) is 0. The van der Waals surface area contributed by atoms with E-state index in [0.717, 1.165) is 45.6 Å². The molecule has 4 nitrogen and oxygen atoms in total. The summed E-state index contributed by atoms with van der Waals surface area (Å²) in [4.78, 5) is 4.54. The smallest absolute Gasteiger partial charge is 0.529 e. The van der Waals surface area contributed by atoms with Crippen LogP contribution < -0.4 is 19.1 Å². The van der Waals surface area contributed by atoms with Crippen LogP contribution in [0.15, 0.2) is 133 Å². The molecule has 6 aromatic rings. The lowest BCUT2D eigenvalue weighted by Gasteiger charge is -2.26. The number of rotatable bonds is 10. The monoisotopic (exact) mass is 616 g/mol. The zero-order valence-corrected chi connectivity index (χ0v) is 28.1. The van der Waals surface area contributed by atoms with Crippen molar-refractivity contribution in [2.45, 2.75) is 41.5 Å². The maximum atomic E-state index is 6.01. The van der Waals surface area contributed by atoms with Gasteiger partial charge in [-0.05, 0) is 161 Å². The normalized spacial score (nSPS) is 10.8. The van der Waals surface area contributed by atoms with Crippen LogP contribution in [0, 0.1) is 41.5 Å². The van der Waals surface area contributed by atoms with E-state index in [-0.39, 0.29) is 7.69 Å². The Labute approximate surface area is 280 Å². The second kappa shape index (κ2) is 13.9. The van der Waals surface area contributed by atoms with E-state index in [9.17, 15) is 0 Å². The summed E-state index contributed by atoms with van der Waals surface area (Å²) in [6, 6.07) is 46.7. The molecule has 0 amide bonds. The van der Waals surface area contributed by atoms with Gasteiger partial charge < -0.3 is 19.1 Å². The molecule has 0 N–H and O–H groups in total. The van der Waals surface area contributed by atoms with E-state index in [4.69, 9.17) is 9.31 Å². The average Bonchev–Trinajstić information content (AvgIpc) is 3.08. The Hall–Kier alpha value is -5.42. The molecule has 0 aliphatic heterocycles. The Morgan fingerprint density at radius 3 is 0.957 bits per heavy atom. The number of aryl methyl sites for hydroxylation is 6. The SMILES string of the molecule is Cc1ccc(N(c2ccc(OBOc3ccc(N(c4ccc(C)cc4)c4ccc(C)c(C)c4)cc3)cc2)c2ccc(C)c(C)c2)cc1. The summed E-state index contributed by atoms with van der Waals surface area (Å²) in [5.41, 5.74) is 14.1. The molecule has 47 heavy (non-hydrogen) atoms. The Morgan fingerprint density at radius 1 is 0.340 bits per heavy atom. The number of nitrogens with zero attached hydrogens (tertiary/aromatic N) is 2. The first kappa shape index (κ1) is 31.6. The van der Waals surface area contributed by atoms with Crippen LogP contribution in [-0.4, -0.2) is 7.69 Å². The fraction of sp³-hybridized carbons (Fsp3) is 0.143. The third-order valence-electron chi connectivity index (χ3n) is 8.72. The van der Waals surface area contributed by atoms with Gasteiger partial charge in [0, 0.05) is 34.1 Å². The van der Waals surface area contributed by atoms with Crippen molar-refractivity contribution in [3.8, 4) is 11.5 Å².